The smallest absolute Gasteiger partial charge is 0.230 e. The molecule has 18 bridgehead atoms. The molecule has 0 atom stereocenters. The Morgan fingerprint density at radius 2 is 0.444 bits per heavy atom. The topological polar surface area (TPSA) is 55.4 Å². The van der Waals surface area contributed by atoms with Crippen molar-refractivity contribution in [3.8, 4) is 34.5 Å². The monoisotopic (exact) mass is 756 g/mol. The van der Waals surface area contributed by atoms with Crippen molar-refractivity contribution in [2.45, 2.75) is 38.5 Å². The third-order valence-electron chi connectivity index (χ3n) is 10.7. The minimum Gasteiger partial charge on any atom is -0.457 e. The van der Waals surface area contributed by atoms with Gasteiger partial charge in [-0.15, -0.1) is 23.2 Å². The van der Waals surface area contributed by atoms with Crippen LogP contribution in [0.25, 0.3) is 0 Å². The summed E-state index contributed by atoms with van der Waals surface area (Å²) in [6.45, 7) is 0.331. The average molecular weight is 758 g/mol. The summed E-state index contributed by atoms with van der Waals surface area (Å²) in [7, 11) is 0. The highest BCUT2D eigenvalue weighted by Gasteiger charge is 2.20. The molecule has 0 N–H and O–H groups in total. The summed E-state index contributed by atoms with van der Waals surface area (Å²) in [5, 5.41) is 0.194. The molecule has 12 aliphatic heterocycles. The molecule has 12 heterocycles. The highest BCUT2D eigenvalue weighted by Crippen LogP contribution is 2.35. The van der Waals surface area contributed by atoms with Crippen LogP contribution in [0.1, 0.15) is 66.8 Å². The molecule has 2 aliphatic carbocycles. The van der Waals surface area contributed by atoms with E-state index in [1.54, 1.807) is 0 Å². The lowest BCUT2D eigenvalue weighted by molar-refractivity contribution is 0.119. The van der Waals surface area contributed by atoms with Gasteiger partial charge in [-0.25, -0.2) is 0 Å². The summed E-state index contributed by atoms with van der Waals surface area (Å²) in [6.07, 6.45) is 4.61. The fourth-order valence-electron chi connectivity index (χ4n) is 7.90. The Morgan fingerprint density at radius 3 is 0.611 bits per heavy atom. The Labute approximate surface area is 325 Å². The van der Waals surface area contributed by atoms with Crippen LogP contribution in [0.4, 0.5) is 0 Å². The lowest BCUT2D eigenvalue weighted by Crippen LogP contribution is -2.08. The molecule has 272 valence electrons. The van der Waals surface area contributed by atoms with E-state index < -0.39 is 0 Å². The number of halogens is 2. The maximum atomic E-state index is 6.27. The second-order valence-electron chi connectivity index (χ2n) is 14.0. The molecule has 0 saturated heterocycles. The van der Waals surface area contributed by atoms with Gasteiger partial charge < -0.3 is 28.4 Å². The zero-order valence-electron chi connectivity index (χ0n) is 29.7. The Balaban J connectivity index is 0.00000124. The first-order chi connectivity index (χ1) is 26.6. The van der Waals surface area contributed by atoms with Gasteiger partial charge >= 0.3 is 0 Å². The van der Waals surface area contributed by atoms with Crippen molar-refractivity contribution >= 4 is 23.2 Å². The molecule has 20 rings (SSSR count). The van der Waals surface area contributed by atoms with E-state index in [1.165, 1.54) is 66.8 Å². The van der Waals surface area contributed by atoms with Crippen LogP contribution in [0.15, 0.2) is 109 Å². The molecule has 0 radical (unpaired) electrons. The van der Waals surface area contributed by atoms with Gasteiger partial charge in [0, 0.05) is 0 Å². The van der Waals surface area contributed by atoms with Crippen LogP contribution in [0.2, 0.25) is 0 Å². The van der Waals surface area contributed by atoms with E-state index in [9.17, 15) is 0 Å². The SMILES string of the molecule is ClCCl.c1cc2c3cc1OCOc1ccc4c(c1)Cc1ccc5cc1Cc1ccc(cc1C4)OCOc1ccc(c(c1)Cc1ccc(cc1C2)OCO5)C3. The van der Waals surface area contributed by atoms with Gasteiger partial charge in [0.1, 0.15) is 34.5 Å². The Bertz CT molecular complexity index is 1930. The van der Waals surface area contributed by atoms with Crippen molar-refractivity contribution in [2.75, 3.05) is 25.7 Å². The summed E-state index contributed by atoms with van der Waals surface area (Å²) < 4.78 is 37.6. The van der Waals surface area contributed by atoms with Gasteiger partial charge in [-0.05, 0) is 178 Å². The molecule has 14 aliphatic rings. The minimum absolute atomic E-state index is 0.110. The number of hydrogen-bond donors (Lipinski definition) is 0. The van der Waals surface area contributed by atoms with Crippen LogP contribution >= 0.6 is 23.2 Å². The summed E-state index contributed by atoms with van der Waals surface area (Å²) in [6, 6.07) is 38.4. The van der Waals surface area contributed by atoms with Crippen LogP contribution in [-0.2, 0) is 38.5 Å². The third kappa shape index (κ3) is 7.41. The molecule has 6 nitrogen and oxygen atoms in total. The van der Waals surface area contributed by atoms with Crippen LogP contribution in [-0.4, -0.2) is 25.7 Å². The molecule has 0 spiro atoms. The van der Waals surface area contributed by atoms with Gasteiger partial charge in [-0.1, -0.05) is 36.4 Å². The van der Waals surface area contributed by atoms with Gasteiger partial charge in [-0.3, -0.25) is 0 Å². The second-order valence-corrected chi connectivity index (χ2v) is 14.8. The van der Waals surface area contributed by atoms with Crippen molar-refractivity contribution in [3.63, 3.8) is 0 Å². The molecule has 8 heteroatoms. The first kappa shape index (κ1) is 34.5. The van der Waals surface area contributed by atoms with Gasteiger partial charge in [0.15, 0.2) is 0 Å². The van der Waals surface area contributed by atoms with Crippen molar-refractivity contribution < 1.29 is 28.4 Å². The zero-order valence-corrected chi connectivity index (χ0v) is 31.2. The van der Waals surface area contributed by atoms with Crippen molar-refractivity contribution in [2.24, 2.45) is 0 Å². The molecule has 6 aromatic rings. The molecule has 0 unspecified atom stereocenters. The van der Waals surface area contributed by atoms with Crippen molar-refractivity contribution in [3.05, 3.63) is 176 Å². The van der Waals surface area contributed by atoms with Gasteiger partial charge in [0.25, 0.3) is 0 Å². The maximum Gasteiger partial charge on any atom is 0.230 e. The van der Waals surface area contributed by atoms with E-state index in [2.05, 4.69) is 109 Å². The van der Waals surface area contributed by atoms with Gasteiger partial charge in [-0.2, -0.15) is 0 Å². The van der Waals surface area contributed by atoms with E-state index in [4.69, 9.17) is 51.6 Å². The Hall–Kier alpha value is -5.30. The van der Waals surface area contributed by atoms with Crippen LogP contribution in [0.3, 0.4) is 0 Å². The number of alkyl halides is 2. The average Bonchev–Trinajstić information content (AvgIpc) is 3.27. The van der Waals surface area contributed by atoms with E-state index in [-0.39, 0.29) is 25.7 Å². The van der Waals surface area contributed by atoms with Crippen molar-refractivity contribution in [1.82, 2.24) is 0 Å². The summed E-state index contributed by atoms with van der Waals surface area (Å²) in [4.78, 5) is 0. The molecule has 0 amide bonds. The second kappa shape index (κ2) is 15.2. The minimum atomic E-state index is 0.110. The quantitative estimate of drug-likeness (QED) is 0.144. The number of ether oxygens (including phenoxy) is 6. The highest BCUT2D eigenvalue weighted by atomic mass is 35.5. The van der Waals surface area contributed by atoms with Crippen LogP contribution in [0.5, 0.6) is 34.5 Å². The lowest BCUT2D eigenvalue weighted by Gasteiger charge is -2.17. The molecule has 0 fully saturated rings. The number of hydrogen-bond acceptors (Lipinski definition) is 6. The first-order valence-electron chi connectivity index (χ1n) is 18.2. The van der Waals surface area contributed by atoms with Crippen LogP contribution < -0.4 is 28.4 Å². The summed E-state index contributed by atoms with van der Waals surface area (Å²) >= 11 is 9.53. The van der Waals surface area contributed by atoms with Crippen molar-refractivity contribution in [1.29, 1.82) is 0 Å². The Kier molecular flexibility index (Phi) is 9.71. The summed E-state index contributed by atoms with van der Waals surface area (Å²) in [5.74, 6) is 4.70. The summed E-state index contributed by atoms with van der Waals surface area (Å²) in [5.41, 5.74) is 14.8. The standard InChI is InChI=1S/C45H36O6.CH2Cl2/c1-7-40-19-34-14-29-2-8-43-21-36(29)15-30-3-9-41(20-35(30)13-28(1)34)48-26-49-44-11-5-32-16-37-22-42(47-25-46-40)10-4-31(37)17-38-24-45(51-27-50-43)12-6-33(38)18-39(32)23-44;2-1-3/h1-12,19-24H,13-18,25-27H2;1H2. The molecule has 54 heavy (non-hydrogen) atoms. The molecule has 6 aromatic carbocycles. The number of benzene rings is 6. The van der Waals surface area contributed by atoms with E-state index in [0.717, 1.165) is 73.0 Å². The molecular weight excluding hydrogens is 719 g/mol. The largest absolute Gasteiger partial charge is 0.457 e. The predicted molar refractivity (Wildman–Crippen MR) is 210 cm³/mol. The first-order valence-corrected chi connectivity index (χ1v) is 19.2. The van der Waals surface area contributed by atoms with E-state index in [0.29, 0.717) is 0 Å². The lowest BCUT2D eigenvalue weighted by atomic mass is 9.94. The Morgan fingerprint density at radius 1 is 0.278 bits per heavy atom. The maximum absolute atomic E-state index is 6.27. The third-order valence-corrected chi connectivity index (χ3v) is 10.7. The normalized spacial score (nSPS) is 14.8. The van der Waals surface area contributed by atoms with E-state index in [1.807, 2.05) is 0 Å². The number of rotatable bonds is 0. The van der Waals surface area contributed by atoms with Crippen LogP contribution in [0, 0.1) is 0 Å². The fourth-order valence-corrected chi connectivity index (χ4v) is 7.90. The molecule has 0 saturated carbocycles. The fraction of sp³-hybridized carbons (Fsp3) is 0.217. The predicted octanol–water partition coefficient (Wildman–Crippen LogP) is 10.2. The van der Waals surface area contributed by atoms with E-state index >= 15 is 0 Å². The molecule has 0 aromatic heterocycles. The van der Waals surface area contributed by atoms with Gasteiger partial charge in [0.05, 0.1) is 5.34 Å². The molecular formula is C46H38Cl2O6. The highest BCUT2D eigenvalue weighted by molar-refractivity contribution is 6.40. The zero-order chi connectivity index (χ0) is 36.4. The van der Waals surface area contributed by atoms with Gasteiger partial charge in [0.2, 0.25) is 20.4 Å².